The average Bonchev–Trinajstić information content (AvgIpc) is 2.57. The van der Waals surface area contributed by atoms with Gasteiger partial charge in [0, 0.05) is 0 Å². The summed E-state index contributed by atoms with van der Waals surface area (Å²) in [6.07, 6.45) is 3.71. The third-order valence-electron chi connectivity index (χ3n) is 3.59. The van der Waals surface area contributed by atoms with Gasteiger partial charge in [-0.2, -0.15) is 0 Å². The first kappa shape index (κ1) is 19.9. The number of carbonyl (C=O) groups excluding carboxylic acids is 1. The van der Waals surface area contributed by atoms with E-state index in [1.165, 1.54) is 7.11 Å². The Labute approximate surface area is 142 Å². The fourth-order valence-corrected chi connectivity index (χ4v) is 2.28. The van der Waals surface area contributed by atoms with Crippen molar-refractivity contribution in [3.05, 3.63) is 24.3 Å². The lowest BCUT2D eigenvalue weighted by atomic mass is 10.1. The molecule has 24 heavy (non-hydrogen) atoms. The lowest BCUT2D eigenvalue weighted by Gasteiger charge is -2.15. The molecular weight excluding hydrogens is 310 g/mol. The summed E-state index contributed by atoms with van der Waals surface area (Å²) >= 11 is 0. The van der Waals surface area contributed by atoms with Crippen LogP contribution >= 0.6 is 0 Å². The number of ether oxygens (including phenoxy) is 1. The fourth-order valence-electron chi connectivity index (χ4n) is 2.28. The largest absolute Gasteiger partial charge is 0.495 e. The number of hydrogen-bond acceptors (Lipinski definition) is 5. The zero-order valence-corrected chi connectivity index (χ0v) is 14.1. The highest BCUT2D eigenvalue weighted by Gasteiger charge is 2.21. The molecule has 0 saturated heterocycles. The minimum Gasteiger partial charge on any atom is -0.495 e. The van der Waals surface area contributed by atoms with Crippen molar-refractivity contribution in [2.24, 2.45) is 5.73 Å². The number of carboxylic acid groups (broad SMARTS) is 1. The van der Waals surface area contributed by atoms with E-state index in [2.05, 4.69) is 10.6 Å². The number of anilines is 1. The minimum absolute atomic E-state index is 0.143. The van der Waals surface area contributed by atoms with Crippen LogP contribution in [-0.4, -0.2) is 43.2 Å². The number of aliphatic carboxylic acids is 1. The summed E-state index contributed by atoms with van der Waals surface area (Å²) in [6.45, 7) is 1.23. The summed E-state index contributed by atoms with van der Waals surface area (Å²) in [5.41, 5.74) is 5.95. The predicted molar refractivity (Wildman–Crippen MR) is 93.2 cm³/mol. The molecule has 0 aromatic heterocycles. The monoisotopic (exact) mass is 337 g/mol. The summed E-state index contributed by atoms with van der Waals surface area (Å²) in [5.74, 6) is -0.875. The van der Waals surface area contributed by atoms with Crippen LogP contribution in [0, 0.1) is 0 Å². The normalized spacial score (nSPS) is 11.8. The maximum absolute atomic E-state index is 12.1. The van der Waals surface area contributed by atoms with E-state index >= 15 is 0 Å². The Morgan fingerprint density at radius 1 is 1.21 bits per heavy atom. The lowest BCUT2D eigenvalue weighted by molar-refractivity contribution is -0.141. The molecule has 1 aromatic rings. The third-order valence-corrected chi connectivity index (χ3v) is 3.59. The fraction of sp³-hybridized carbons (Fsp3) is 0.529. The van der Waals surface area contributed by atoms with Gasteiger partial charge in [0.1, 0.15) is 11.8 Å². The molecule has 1 rings (SSSR count). The number of amides is 1. The highest BCUT2D eigenvalue weighted by Crippen LogP contribution is 2.23. The van der Waals surface area contributed by atoms with Crippen molar-refractivity contribution in [2.45, 2.75) is 38.1 Å². The van der Waals surface area contributed by atoms with Crippen LogP contribution in [0.5, 0.6) is 5.75 Å². The van der Waals surface area contributed by atoms with Gasteiger partial charge >= 0.3 is 5.97 Å². The van der Waals surface area contributed by atoms with E-state index in [1.807, 2.05) is 0 Å². The molecule has 0 aliphatic carbocycles. The maximum atomic E-state index is 12.1. The Balaban J connectivity index is 2.43. The molecular formula is C17H27N3O4. The molecule has 1 amide bonds. The van der Waals surface area contributed by atoms with Crippen LogP contribution in [0.1, 0.15) is 32.1 Å². The minimum atomic E-state index is -1.04. The summed E-state index contributed by atoms with van der Waals surface area (Å²) in [7, 11) is 1.51. The van der Waals surface area contributed by atoms with Gasteiger partial charge in [0.15, 0.2) is 0 Å². The second kappa shape index (κ2) is 11.4. The van der Waals surface area contributed by atoms with Crippen LogP contribution in [0.4, 0.5) is 5.69 Å². The van der Waals surface area contributed by atoms with Gasteiger partial charge in [-0.05, 0) is 38.1 Å². The van der Waals surface area contributed by atoms with Crippen molar-refractivity contribution in [1.29, 1.82) is 0 Å². The van der Waals surface area contributed by atoms with Crippen molar-refractivity contribution in [3.8, 4) is 5.75 Å². The van der Waals surface area contributed by atoms with Gasteiger partial charge in [-0.3, -0.25) is 9.59 Å². The number of benzene rings is 1. The van der Waals surface area contributed by atoms with Crippen molar-refractivity contribution >= 4 is 17.6 Å². The van der Waals surface area contributed by atoms with Crippen LogP contribution in [0.2, 0.25) is 0 Å². The molecule has 0 spiro atoms. The molecule has 0 bridgehead atoms. The number of unbranched alkanes of at least 4 members (excludes halogenated alkanes) is 3. The van der Waals surface area contributed by atoms with Gasteiger partial charge in [-0.1, -0.05) is 25.0 Å². The molecule has 0 radical (unpaired) electrons. The topological polar surface area (TPSA) is 114 Å². The summed E-state index contributed by atoms with van der Waals surface area (Å²) < 4.78 is 5.15. The van der Waals surface area contributed by atoms with E-state index in [9.17, 15) is 14.7 Å². The van der Waals surface area contributed by atoms with E-state index in [4.69, 9.17) is 10.5 Å². The van der Waals surface area contributed by atoms with Gasteiger partial charge in [0.25, 0.3) is 0 Å². The first-order valence-electron chi connectivity index (χ1n) is 8.17. The average molecular weight is 337 g/mol. The first-order chi connectivity index (χ1) is 11.6. The molecule has 5 N–H and O–H groups in total. The molecule has 1 atom stereocenters. The predicted octanol–water partition coefficient (Wildman–Crippen LogP) is 1.59. The standard InChI is InChI=1S/C17H27N3O4/c1-24-15-9-5-4-8-13(15)20-16(21)12-14(17(22)23)19-11-7-3-2-6-10-18/h4-5,8-9,14,19H,2-3,6-7,10-12,18H2,1H3,(H,20,21)(H,22,23). The number of para-hydroxylation sites is 2. The molecule has 0 saturated carbocycles. The molecule has 134 valence electrons. The molecule has 1 aromatic carbocycles. The number of rotatable bonds is 12. The lowest BCUT2D eigenvalue weighted by Crippen LogP contribution is -2.40. The van der Waals surface area contributed by atoms with Crippen molar-refractivity contribution < 1.29 is 19.4 Å². The van der Waals surface area contributed by atoms with Crippen molar-refractivity contribution in [3.63, 3.8) is 0 Å². The van der Waals surface area contributed by atoms with Crippen LogP contribution in [0.15, 0.2) is 24.3 Å². The SMILES string of the molecule is COc1ccccc1NC(=O)CC(NCCCCCCN)C(=O)O. The van der Waals surface area contributed by atoms with E-state index in [0.29, 0.717) is 24.5 Å². The third kappa shape index (κ3) is 7.43. The van der Waals surface area contributed by atoms with Gasteiger partial charge in [0.2, 0.25) is 5.91 Å². The Hall–Kier alpha value is -2.12. The van der Waals surface area contributed by atoms with Crippen molar-refractivity contribution in [1.82, 2.24) is 5.32 Å². The zero-order chi connectivity index (χ0) is 17.8. The Morgan fingerprint density at radius 2 is 1.92 bits per heavy atom. The molecule has 7 nitrogen and oxygen atoms in total. The van der Waals surface area contributed by atoms with Gasteiger partial charge in [-0.25, -0.2) is 0 Å². The van der Waals surface area contributed by atoms with Gasteiger partial charge in [0.05, 0.1) is 19.2 Å². The van der Waals surface area contributed by atoms with Crippen LogP contribution < -0.4 is 21.1 Å². The first-order valence-corrected chi connectivity index (χ1v) is 8.17. The van der Waals surface area contributed by atoms with Crippen molar-refractivity contribution in [2.75, 3.05) is 25.5 Å². The van der Waals surface area contributed by atoms with Gasteiger partial charge in [-0.15, -0.1) is 0 Å². The molecule has 7 heteroatoms. The summed E-state index contributed by atoms with van der Waals surface area (Å²) in [5, 5.41) is 14.8. The van der Waals surface area contributed by atoms with E-state index in [1.54, 1.807) is 24.3 Å². The van der Waals surface area contributed by atoms with Crippen LogP contribution in [-0.2, 0) is 9.59 Å². The molecule has 0 fully saturated rings. The molecule has 0 aliphatic heterocycles. The quantitative estimate of drug-likeness (QED) is 0.431. The number of nitrogens with two attached hydrogens (primary N) is 1. The number of carbonyl (C=O) groups is 2. The van der Waals surface area contributed by atoms with Crippen LogP contribution in [0.3, 0.4) is 0 Å². The second-order valence-corrected chi connectivity index (χ2v) is 5.50. The van der Waals surface area contributed by atoms with Gasteiger partial charge < -0.3 is 26.2 Å². The second-order valence-electron chi connectivity index (χ2n) is 5.50. The van der Waals surface area contributed by atoms with E-state index < -0.39 is 12.0 Å². The highest BCUT2D eigenvalue weighted by molar-refractivity contribution is 5.95. The summed E-state index contributed by atoms with van der Waals surface area (Å²) in [4.78, 5) is 23.4. The zero-order valence-electron chi connectivity index (χ0n) is 14.1. The number of hydrogen-bond donors (Lipinski definition) is 4. The maximum Gasteiger partial charge on any atom is 0.321 e. The smallest absolute Gasteiger partial charge is 0.321 e. The van der Waals surface area contributed by atoms with E-state index in [0.717, 1.165) is 25.7 Å². The van der Waals surface area contributed by atoms with Crippen LogP contribution in [0.25, 0.3) is 0 Å². The Morgan fingerprint density at radius 3 is 2.58 bits per heavy atom. The number of carboxylic acids is 1. The number of nitrogens with one attached hydrogen (secondary N) is 2. The Kier molecular flexibility index (Phi) is 9.48. The molecule has 0 aliphatic rings. The molecule has 1 unspecified atom stereocenters. The molecule has 0 heterocycles. The summed E-state index contributed by atoms with van der Waals surface area (Å²) in [6, 6.07) is 6.09. The Bertz CT molecular complexity index is 522. The van der Waals surface area contributed by atoms with E-state index in [-0.39, 0.29) is 12.3 Å². The highest BCUT2D eigenvalue weighted by atomic mass is 16.5. The number of methoxy groups -OCH3 is 1.